The second-order valence-electron chi connectivity index (χ2n) is 7.05. The van der Waals surface area contributed by atoms with Gasteiger partial charge in [-0.15, -0.1) is 0 Å². The zero-order chi connectivity index (χ0) is 22.1. The summed E-state index contributed by atoms with van der Waals surface area (Å²) in [6.45, 7) is 3.92. The van der Waals surface area contributed by atoms with Crippen molar-refractivity contribution in [2.24, 2.45) is 0 Å². The minimum Gasteiger partial charge on any atom is -0.350 e. The maximum absolute atomic E-state index is 13.4. The summed E-state index contributed by atoms with van der Waals surface area (Å²) in [7, 11) is 0. The molecule has 0 bridgehead atoms. The molecule has 0 aromatic heterocycles. The van der Waals surface area contributed by atoms with Crippen LogP contribution in [0.5, 0.6) is 0 Å². The van der Waals surface area contributed by atoms with Crippen molar-refractivity contribution in [2.75, 3.05) is 10.2 Å². The Morgan fingerprint density at radius 2 is 1.58 bits per heavy atom. The molecule has 7 heteroatoms. The van der Waals surface area contributed by atoms with E-state index in [1.54, 1.807) is 24.3 Å². The van der Waals surface area contributed by atoms with Crippen LogP contribution < -0.4 is 10.2 Å². The van der Waals surface area contributed by atoms with E-state index in [9.17, 15) is 14.0 Å². The first-order valence-electron chi connectivity index (χ1n) is 9.50. The Bertz CT molecular complexity index is 1210. The molecule has 0 saturated heterocycles. The van der Waals surface area contributed by atoms with Gasteiger partial charge in [0.1, 0.15) is 16.4 Å². The monoisotopic (exact) mass is 452 g/mol. The van der Waals surface area contributed by atoms with Crippen LogP contribution in [-0.2, 0) is 9.59 Å². The molecule has 0 unspecified atom stereocenters. The number of anilines is 2. The number of amides is 2. The van der Waals surface area contributed by atoms with Gasteiger partial charge in [0.2, 0.25) is 0 Å². The standard InChI is InChI=1S/C24H18ClFN2O2S/c1-14-4-3-5-20(15(14)2)27-21-22(31-19-12-6-16(25)7-13-19)24(30)28(23(21)29)18-10-8-17(26)9-11-18/h3-13,27H,1-2H3. The summed E-state index contributed by atoms with van der Waals surface area (Å²) in [4.78, 5) is 28.7. The zero-order valence-corrected chi connectivity index (χ0v) is 18.4. The van der Waals surface area contributed by atoms with Gasteiger partial charge in [-0.1, -0.05) is 35.5 Å². The van der Waals surface area contributed by atoms with Crippen LogP contribution in [0.4, 0.5) is 15.8 Å². The molecule has 3 aromatic carbocycles. The van der Waals surface area contributed by atoms with Gasteiger partial charge >= 0.3 is 0 Å². The molecule has 0 saturated carbocycles. The Labute approximate surface area is 188 Å². The molecule has 31 heavy (non-hydrogen) atoms. The van der Waals surface area contributed by atoms with Gasteiger partial charge in [-0.2, -0.15) is 0 Å². The lowest BCUT2D eigenvalue weighted by Gasteiger charge is -2.16. The van der Waals surface area contributed by atoms with Gasteiger partial charge in [-0.3, -0.25) is 9.59 Å². The summed E-state index contributed by atoms with van der Waals surface area (Å²) in [5.41, 5.74) is 3.27. The van der Waals surface area contributed by atoms with Crippen molar-refractivity contribution in [3.8, 4) is 0 Å². The second kappa shape index (κ2) is 8.57. The van der Waals surface area contributed by atoms with E-state index < -0.39 is 17.6 Å². The van der Waals surface area contributed by atoms with Crippen LogP contribution in [0.2, 0.25) is 5.02 Å². The molecule has 1 aliphatic heterocycles. The summed E-state index contributed by atoms with van der Waals surface area (Å²) >= 11 is 7.15. The number of hydrogen-bond donors (Lipinski definition) is 1. The topological polar surface area (TPSA) is 49.4 Å². The highest BCUT2D eigenvalue weighted by atomic mass is 35.5. The number of halogens is 2. The fourth-order valence-corrected chi connectivity index (χ4v) is 4.23. The third-order valence-electron chi connectivity index (χ3n) is 5.02. The summed E-state index contributed by atoms with van der Waals surface area (Å²) < 4.78 is 13.4. The van der Waals surface area contributed by atoms with Gasteiger partial charge in [0.15, 0.2) is 0 Å². The Kier molecular flexibility index (Phi) is 5.85. The van der Waals surface area contributed by atoms with Crippen molar-refractivity contribution in [2.45, 2.75) is 18.7 Å². The molecule has 4 nitrogen and oxygen atoms in total. The van der Waals surface area contributed by atoms with Gasteiger partial charge in [-0.05, 0) is 79.6 Å². The minimum atomic E-state index is -0.492. The highest BCUT2D eigenvalue weighted by Crippen LogP contribution is 2.38. The van der Waals surface area contributed by atoms with Crippen LogP contribution >= 0.6 is 23.4 Å². The number of benzene rings is 3. The predicted octanol–water partition coefficient (Wildman–Crippen LogP) is 6.09. The lowest BCUT2D eigenvalue weighted by molar-refractivity contribution is -0.120. The van der Waals surface area contributed by atoms with Crippen LogP contribution in [-0.4, -0.2) is 11.8 Å². The number of aryl methyl sites for hydroxylation is 1. The molecule has 1 heterocycles. The zero-order valence-electron chi connectivity index (χ0n) is 16.8. The molecule has 0 radical (unpaired) electrons. The molecule has 156 valence electrons. The van der Waals surface area contributed by atoms with Gasteiger partial charge in [0, 0.05) is 15.6 Å². The lowest BCUT2D eigenvalue weighted by atomic mass is 10.1. The van der Waals surface area contributed by atoms with E-state index in [2.05, 4.69) is 5.32 Å². The molecule has 0 atom stereocenters. The highest BCUT2D eigenvalue weighted by Gasteiger charge is 2.40. The van der Waals surface area contributed by atoms with E-state index in [-0.39, 0.29) is 10.6 Å². The molecule has 1 aliphatic rings. The minimum absolute atomic E-state index is 0.183. The van der Waals surface area contributed by atoms with Crippen LogP contribution in [0.1, 0.15) is 11.1 Å². The highest BCUT2D eigenvalue weighted by molar-refractivity contribution is 8.04. The molecular formula is C24H18ClFN2O2S. The van der Waals surface area contributed by atoms with Crippen LogP contribution in [0.15, 0.2) is 82.2 Å². The Balaban J connectivity index is 1.77. The smallest absolute Gasteiger partial charge is 0.283 e. The fourth-order valence-electron chi connectivity index (χ4n) is 3.18. The second-order valence-corrected chi connectivity index (χ2v) is 8.57. The number of carbonyl (C=O) groups is 2. The third kappa shape index (κ3) is 4.22. The SMILES string of the molecule is Cc1cccc(NC2=C(Sc3ccc(Cl)cc3)C(=O)N(c3ccc(F)cc3)C2=O)c1C. The molecule has 1 N–H and O–H groups in total. The summed E-state index contributed by atoms with van der Waals surface area (Å²) in [5, 5.41) is 3.75. The van der Waals surface area contributed by atoms with E-state index in [0.717, 1.165) is 26.6 Å². The molecule has 3 aromatic rings. The predicted molar refractivity (Wildman–Crippen MR) is 123 cm³/mol. The van der Waals surface area contributed by atoms with Crippen molar-refractivity contribution >= 4 is 46.6 Å². The first-order chi connectivity index (χ1) is 14.8. The van der Waals surface area contributed by atoms with Gasteiger partial charge < -0.3 is 5.32 Å². The molecule has 2 amide bonds. The summed E-state index contributed by atoms with van der Waals surface area (Å²) in [5.74, 6) is -1.40. The van der Waals surface area contributed by atoms with E-state index >= 15 is 0 Å². The number of carbonyl (C=O) groups excluding carboxylic acids is 2. The fraction of sp³-hybridized carbons (Fsp3) is 0.0833. The molecule has 0 fully saturated rings. The van der Waals surface area contributed by atoms with Crippen LogP contribution in [0.25, 0.3) is 0 Å². The Morgan fingerprint density at radius 3 is 2.26 bits per heavy atom. The number of nitrogens with one attached hydrogen (secondary N) is 1. The number of rotatable bonds is 5. The molecule has 0 spiro atoms. The van der Waals surface area contributed by atoms with E-state index in [4.69, 9.17) is 11.6 Å². The van der Waals surface area contributed by atoms with Crippen molar-refractivity contribution < 1.29 is 14.0 Å². The van der Waals surface area contributed by atoms with E-state index in [1.807, 2.05) is 32.0 Å². The Morgan fingerprint density at radius 1 is 0.903 bits per heavy atom. The number of hydrogen-bond acceptors (Lipinski definition) is 4. The average molecular weight is 453 g/mol. The van der Waals surface area contributed by atoms with Crippen LogP contribution in [0.3, 0.4) is 0 Å². The van der Waals surface area contributed by atoms with E-state index in [1.165, 1.54) is 36.0 Å². The van der Waals surface area contributed by atoms with Crippen LogP contribution in [0, 0.1) is 19.7 Å². The maximum Gasteiger partial charge on any atom is 0.283 e. The first kappa shape index (κ1) is 21.2. The van der Waals surface area contributed by atoms with Crippen molar-refractivity contribution in [1.82, 2.24) is 0 Å². The molecular weight excluding hydrogens is 435 g/mol. The number of nitrogens with zero attached hydrogens (tertiary/aromatic N) is 1. The number of thioether (sulfide) groups is 1. The molecule has 0 aliphatic carbocycles. The van der Waals surface area contributed by atoms with Crippen molar-refractivity contribution in [1.29, 1.82) is 0 Å². The molecule has 4 rings (SSSR count). The quantitative estimate of drug-likeness (QED) is 0.476. The first-order valence-corrected chi connectivity index (χ1v) is 10.7. The van der Waals surface area contributed by atoms with Crippen molar-refractivity contribution in [3.05, 3.63) is 99.3 Å². The van der Waals surface area contributed by atoms with E-state index in [0.29, 0.717) is 10.7 Å². The average Bonchev–Trinajstić information content (AvgIpc) is 2.97. The van der Waals surface area contributed by atoms with Gasteiger partial charge in [0.05, 0.1) is 5.69 Å². The summed E-state index contributed by atoms with van der Waals surface area (Å²) in [6.07, 6.45) is 0. The maximum atomic E-state index is 13.4. The largest absolute Gasteiger partial charge is 0.350 e. The normalized spacial score (nSPS) is 13.9. The lowest BCUT2D eigenvalue weighted by Crippen LogP contribution is -2.32. The Hall–Kier alpha value is -3.09. The third-order valence-corrected chi connectivity index (χ3v) is 6.37. The summed E-state index contributed by atoms with van der Waals surface area (Å²) in [6, 6.07) is 18.0. The van der Waals surface area contributed by atoms with Gasteiger partial charge in [-0.25, -0.2) is 9.29 Å². The van der Waals surface area contributed by atoms with Gasteiger partial charge in [0.25, 0.3) is 11.8 Å². The van der Waals surface area contributed by atoms with Crippen molar-refractivity contribution in [3.63, 3.8) is 0 Å². The number of imide groups is 1.